The minimum Gasteiger partial charge on any atom is -0.366 e. The maximum atomic E-state index is 13.6. The summed E-state index contributed by atoms with van der Waals surface area (Å²) in [4.78, 5) is 1.49. The molecule has 0 saturated carbocycles. The van der Waals surface area contributed by atoms with E-state index in [1.807, 2.05) is 5.92 Å². The number of sulfonamides is 1. The Hall–Kier alpha value is -2.70. The van der Waals surface area contributed by atoms with Crippen LogP contribution in [0.5, 0.6) is 0 Å². The molecule has 0 radical (unpaired) electrons. The van der Waals surface area contributed by atoms with E-state index in [9.17, 15) is 26.7 Å². The first-order valence-electron chi connectivity index (χ1n) is 9.18. The molecule has 2 aromatic rings. The molecule has 1 N–H and O–H groups in total. The van der Waals surface area contributed by atoms with Crippen molar-refractivity contribution in [1.29, 1.82) is 0 Å². The standard InChI is InChI=1S/C21H23F3N2O3S/c1-4-26(5-2)16-15-20(27,21(22,23)24)17-11-13-18(14-12-17)25(3)30(28,29)19-9-7-6-8-10-19/h6-14,27H,4-5H2,1-3H3. The number of hydrogen-bond donors (Lipinski definition) is 1. The number of halogens is 3. The molecule has 0 aliphatic heterocycles. The van der Waals surface area contributed by atoms with Crippen molar-refractivity contribution < 1.29 is 26.7 Å². The number of benzene rings is 2. The van der Waals surface area contributed by atoms with E-state index >= 15 is 0 Å². The van der Waals surface area contributed by atoms with E-state index < -0.39 is 27.4 Å². The molecule has 0 aliphatic rings. The van der Waals surface area contributed by atoms with Crippen molar-refractivity contribution in [2.45, 2.75) is 30.5 Å². The number of nitrogens with zero attached hydrogens (tertiary/aromatic N) is 2. The average molecular weight is 440 g/mol. The van der Waals surface area contributed by atoms with Crippen LogP contribution in [0, 0.1) is 12.0 Å². The molecule has 5 nitrogen and oxygen atoms in total. The number of alkyl halides is 3. The molecule has 0 aromatic heterocycles. The van der Waals surface area contributed by atoms with Crippen LogP contribution in [-0.2, 0) is 15.6 Å². The Morgan fingerprint density at radius 2 is 1.50 bits per heavy atom. The lowest BCUT2D eigenvalue weighted by Crippen LogP contribution is -2.41. The highest BCUT2D eigenvalue weighted by molar-refractivity contribution is 7.92. The first-order chi connectivity index (χ1) is 14.0. The Kier molecular flexibility index (Phi) is 7.06. The van der Waals surface area contributed by atoms with Crippen LogP contribution in [0.2, 0.25) is 0 Å². The molecule has 2 aromatic carbocycles. The molecule has 0 aliphatic carbocycles. The quantitative estimate of drug-likeness (QED) is 0.551. The van der Waals surface area contributed by atoms with E-state index in [1.165, 1.54) is 36.2 Å². The lowest BCUT2D eigenvalue weighted by molar-refractivity contribution is -0.240. The fraction of sp³-hybridized carbons (Fsp3) is 0.333. The van der Waals surface area contributed by atoms with Crippen molar-refractivity contribution in [2.75, 3.05) is 24.4 Å². The van der Waals surface area contributed by atoms with E-state index in [0.717, 1.165) is 16.4 Å². The molecule has 0 fully saturated rings. The zero-order chi connectivity index (χ0) is 22.6. The molecule has 0 amide bonds. The minimum atomic E-state index is -5.04. The molecule has 1 unspecified atom stereocenters. The van der Waals surface area contributed by atoms with Crippen LogP contribution >= 0.6 is 0 Å². The van der Waals surface area contributed by atoms with E-state index in [1.54, 1.807) is 32.0 Å². The van der Waals surface area contributed by atoms with Crippen LogP contribution in [0.15, 0.2) is 59.5 Å². The molecule has 1 atom stereocenters. The van der Waals surface area contributed by atoms with E-state index in [4.69, 9.17) is 0 Å². The fourth-order valence-electron chi connectivity index (χ4n) is 2.65. The van der Waals surface area contributed by atoms with Gasteiger partial charge in [0.15, 0.2) is 0 Å². The van der Waals surface area contributed by atoms with Gasteiger partial charge in [-0.05, 0) is 44.0 Å². The van der Waals surface area contributed by atoms with Gasteiger partial charge in [0, 0.05) is 31.7 Å². The van der Waals surface area contributed by atoms with Crippen LogP contribution in [-0.4, -0.2) is 44.7 Å². The third-order valence-electron chi connectivity index (χ3n) is 4.62. The van der Waals surface area contributed by atoms with Crippen molar-refractivity contribution >= 4 is 15.7 Å². The van der Waals surface area contributed by atoms with Gasteiger partial charge >= 0.3 is 6.18 Å². The summed E-state index contributed by atoms with van der Waals surface area (Å²) in [7, 11) is -2.58. The van der Waals surface area contributed by atoms with E-state index in [0.29, 0.717) is 13.1 Å². The van der Waals surface area contributed by atoms with Crippen LogP contribution in [0.4, 0.5) is 18.9 Å². The summed E-state index contributed by atoms with van der Waals surface area (Å²) in [5, 5.41) is 10.4. The summed E-state index contributed by atoms with van der Waals surface area (Å²) in [5.41, 5.74) is -3.74. The molecule has 162 valence electrons. The summed E-state index contributed by atoms with van der Waals surface area (Å²) in [6, 6.07) is 14.5. The molecular formula is C21H23F3N2O3S. The topological polar surface area (TPSA) is 60.9 Å². The van der Waals surface area contributed by atoms with Crippen LogP contribution in [0.3, 0.4) is 0 Å². The summed E-state index contributed by atoms with van der Waals surface area (Å²) < 4.78 is 67.3. The van der Waals surface area contributed by atoms with Crippen molar-refractivity contribution in [3.63, 3.8) is 0 Å². The summed E-state index contributed by atoms with van der Waals surface area (Å²) in [6.07, 6.45) is -5.04. The van der Waals surface area contributed by atoms with Gasteiger partial charge in [-0.3, -0.25) is 4.31 Å². The Balaban J connectivity index is 2.42. The predicted octanol–water partition coefficient (Wildman–Crippen LogP) is 3.56. The minimum absolute atomic E-state index is 0.0495. The first-order valence-corrected chi connectivity index (χ1v) is 10.6. The molecule has 9 heteroatoms. The molecule has 0 heterocycles. The maximum Gasteiger partial charge on any atom is 0.433 e. The Labute approximate surface area is 174 Å². The van der Waals surface area contributed by atoms with Gasteiger partial charge in [0.2, 0.25) is 5.60 Å². The lowest BCUT2D eigenvalue weighted by atomic mass is 9.93. The molecule has 0 spiro atoms. The lowest BCUT2D eigenvalue weighted by Gasteiger charge is -2.27. The molecule has 30 heavy (non-hydrogen) atoms. The second kappa shape index (κ2) is 8.98. The van der Waals surface area contributed by atoms with E-state index in [-0.39, 0.29) is 10.6 Å². The van der Waals surface area contributed by atoms with Gasteiger partial charge in [-0.2, -0.15) is 13.2 Å². The highest BCUT2D eigenvalue weighted by Crippen LogP contribution is 2.39. The van der Waals surface area contributed by atoms with Crippen molar-refractivity contribution in [1.82, 2.24) is 4.90 Å². The van der Waals surface area contributed by atoms with Crippen molar-refractivity contribution in [3.05, 3.63) is 60.2 Å². The van der Waals surface area contributed by atoms with Gasteiger partial charge < -0.3 is 10.0 Å². The van der Waals surface area contributed by atoms with Gasteiger partial charge in [-0.15, -0.1) is 0 Å². The third kappa shape index (κ3) is 4.71. The maximum absolute atomic E-state index is 13.6. The molecule has 2 rings (SSSR count). The van der Waals surface area contributed by atoms with Gasteiger partial charge in [-0.1, -0.05) is 30.3 Å². The summed E-state index contributed by atoms with van der Waals surface area (Å²) >= 11 is 0. The fourth-order valence-corrected chi connectivity index (χ4v) is 3.87. The Morgan fingerprint density at radius 3 is 1.97 bits per heavy atom. The van der Waals surface area contributed by atoms with Gasteiger partial charge in [-0.25, -0.2) is 8.42 Å². The summed E-state index contributed by atoms with van der Waals surface area (Å²) in [5.74, 6) is 1.93. The second-order valence-electron chi connectivity index (χ2n) is 6.45. The molecule has 0 saturated heterocycles. The van der Waals surface area contributed by atoms with E-state index in [2.05, 4.69) is 6.04 Å². The normalized spacial score (nSPS) is 13.7. The Bertz CT molecular complexity index is 1010. The zero-order valence-corrected chi connectivity index (χ0v) is 17.6. The Morgan fingerprint density at radius 1 is 0.967 bits per heavy atom. The summed E-state index contributed by atoms with van der Waals surface area (Å²) in [6.45, 7) is 4.28. The zero-order valence-electron chi connectivity index (χ0n) is 16.8. The SMILES string of the molecule is CCN(C#CC(O)(c1ccc(N(C)S(=O)(=O)c2ccccc2)cc1)C(F)(F)F)CC. The molecular weight excluding hydrogens is 417 g/mol. The second-order valence-corrected chi connectivity index (χ2v) is 8.42. The van der Waals surface area contributed by atoms with Crippen molar-refractivity contribution in [2.24, 2.45) is 0 Å². The smallest absolute Gasteiger partial charge is 0.366 e. The van der Waals surface area contributed by atoms with Crippen LogP contribution in [0.25, 0.3) is 0 Å². The van der Waals surface area contributed by atoms with Gasteiger partial charge in [0.1, 0.15) is 0 Å². The highest BCUT2D eigenvalue weighted by Gasteiger charge is 2.54. The first kappa shape index (κ1) is 23.6. The van der Waals surface area contributed by atoms with Gasteiger partial charge in [0.05, 0.1) is 10.6 Å². The molecule has 0 bridgehead atoms. The van der Waals surface area contributed by atoms with Crippen LogP contribution < -0.4 is 4.31 Å². The monoisotopic (exact) mass is 440 g/mol. The number of rotatable bonds is 6. The number of aliphatic hydroxyl groups is 1. The predicted molar refractivity (Wildman–Crippen MR) is 109 cm³/mol. The van der Waals surface area contributed by atoms with Crippen molar-refractivity contribution in [3.8, 4) is 12.0 Å². The largest absolute Gasteiger partial charge is 0.433 e. The number of anilines is 1. The van der Waals surface area contributed by atoms with Crippen LogP contribution in [0.1, 0.15) is 19.4 Å². The average Bonchev–Trinajstić information content (AvgIpc) is 2.73. The number of hydrogen-bond acceptors (Lipinski definition) is 4. The van der Waals surface area contributed by atoms with Gasteiger partial charge in [0.25, 0.3) is 10.0 Å². The highest BCUT2D eigenvalue weighted by atomic mass is 32.2. The third-order valence-corrected chi connectivity index (χ3v) is 6.42.